The van der Waals surface area contributed by atoms with E-state index in [0.717, 1.165) is 33.5 Å². The van der Waals surface area contributed by atoms with Crippen molar-refractivity contribution in [1.29, 1.82) is 0 Å². The van der Waals surface area contributed by atoms with E-state index in [2.05, 4.69) is 16.2 Å². The average molecular weight is 227 g/mol. The van der Waals surface area contributed by atoms with Crippen LogP contribution in [0.5, 0.6) is 0 Å². The van der Waals surface area contributed by atoms with Crippen LogP contribution in [0.25, 0.3) is 22.2 Å². The number of hydrogen-bond acceptors (Lipinski definition) is 3. The first-order valence-corrected chi connectivity index (χ1v) is 5.52. The van der Waals surface area contributed by atoms with Crippen molar-refractivity contribution in [1.82, 2.24) is 10.1 Å². The first-order valence-electron chi connectivity index (χ1n) is 5.52. The Hall–Kier alpha value is -2.07. The van der Waals surface area contributed by atoms with Crippen LogP contribution in [0.3, 0.4) is 0 Å². The number of rotatable bonds is 2. The summed E-state index contributed by atoms with van der Waals surface area (Å²) >= 11 is 0. The standard InChI is InChI=1S/C13H13N3O/c1-8-12(13-9(6-14)7-15-17-13)10-4-2-3-5-11(10)16-8/h2-5,7,16H,6,14H2,1H3. The number of aryl methyl sites for hydroxylation is 1. The highest BCUT2D eigenvalue weighted by molar-refractivity contribution is 5.96. The van der Waals surface area contributed by atoms with Gasteiger partial charge < -0.3 is 15.2 Å². The molecule has 2 aromatic heterocycles. The van der Waals surface area contributed by atoms with Crippen molar-refractivity contribution in [2.45, 2.75) is 13.5 Å². The lowest BCUT2D eigenvalue weighted by molar-refractivity contribution is 0.432. The quantitative estimate of drug-likeness (QED) is 0.707. The minimum atomic E-state index is 0.428. The maximum Gasteiger partial charge on any atom is 0.173 e. The van der Waals surface area contributed by atoms with Crippen molar-refractivity contribution >= 4 is 10.9 Å². The molecular weight excluding hydrogens is 214 g/mol. The minimum absolute atomic E-state index is 0.428. The summed E-state index contributed by atoms with van der Waals surface area (Å²) < 4.78 is 5.34. The molecule has 3 rings (SSSR count). The van der Waals surface area contributed by atoms with Crippen LogP contribution < -0.4 is 5.73 Å². The predicted molar refractivity (Wildman–Crippen MR) is 66.4 cm³/mol. The summed E-state index contributed by atoms with van der Waals surface area (Å²) in [6, 6.07) is 8.13. The number of nitrogens with two attached hydrogens (primary N) is 1. The molecule has 0 spiro atoms. The molecule has 3 aromatic rings. The van der Waals surface area contributed by atoms with Crippen LogP contribution >= 0.6 is 0 Å². The SMILES string of the molecule is Cc1[nH]c2ccccc2c1-c1oncc1CN. The molecule has 4 nitrogen and oxygen atoms in total. The molecule has 0 amide bonds. The van der Waals surface area contributed by atoms with Gasteiger partial charge in [0.2, 0.25) is 0 Å². The van der Waals surface area contributed by atoms with Gasteiger partial charge in [0.25, 0.3) is 0 Å². The number of aromatic nitrogens is 2. The second-order valence-corrected chi connectivity index (χ2v) is 4.05. The first-order chi connectivity index (χ1) is 8.31. The molecular formula is C13H13N3O. The summed E-state index contributed by atoms with van der Waals surface area (Å²) in [5, 5.41) is 4.96. The van der Waals surface area contributed by atoms with Gasteiger partial charge in [-0.05, 0) is 13.0 Å². The number of benzene rings is 1. The first kappa shape index (κ1) is 10.1. The monoisotopic (exact) mass is 227 g/mol. The summed E-state index contributed by atoms with van der Waals surface area (Å²) in [6.07, 6.45) is 1.68. The van der Waals surface area contributed by atoms with E-state index in [1.807, 2.05) is 25.1 Å². The van der Waals surface area contributed by atoms with E-state index in [0.29, 0.717) is 6.54 Å². The number of nitrogens with one attached hydrogen (secondary N) is 1. The van der Waals surface area contributed by atoms with Crippen LogP contribution in [-0.4, -0.2) is 10.1 Å². The van der Waals surface area contributed by atoms with Crippen LogP contribution in [0.15, 0.2) is 35.0 Å². The lowest BCUT2D eigenvalue weighted by atomic mass is 10.1. The van der Waals surface area contributed by atoms with E-state index in [1.165, 1.54) is 0 Å². The summed E-state index contributed by atoms with van der Waals surface area (Å²) in [4.78, 5) is 3.34. The Labute approximate surface area is 98.4 Å². The number of aromatic amines is 1. The Balaban J connectivity index is 2.33. The fraction of sp³-hybridized carbons (Fsp3) is 0.154. The van der Waals surface area contributed by atoms with Crippen LogP contribution in [0.1, 0.15) is 11.3 Å². The van der Waals surface area contributed by atoms with Gasteiger partial charge in [0.15, 0.2) is 5.76 Å². The van der Waals surface area contributed by atoms with Gasteiger partial charge in [0.05, 0.1) is 6.20 Å². The molecule has 0 saturated heterocycles. The Kier molecular flexibility index (Phi) is 2.23. The van der Waals surface area contributed by atoms with Crippen molar-refractivity contribution in [3.05, 3.63) is 41.7 Å². The van der Waals surface area contributed by atoms with Gasteiger partial charge in [0.1, 0.15) is 0 Å². The lowest BCUT2D eigenvalue weighted by Gasteiger charge is -1.98. The number of nitrogens with zero attached hydrogens (tertiary/aromatic N) is 1. The number of H-pyrrole nitrogens is 1. The molecule has 2 heterocycles. The number of hydrogen-bond donors (Lipinski definition) is 2. The molecule has 1 aromatic carbocycles. The van der Waals surface area contributed by atoms with Gasteiger partial charge in [-0.25, -0.2) is 0 Å². The number of para-hydroxylation sites is 1. The zero-order valence-corrected chi connectivity index (χ0v) is 9.53. The predicted octanol–water partition coefficient (Wildman–Crippen LogP) is 2.59. The van der Waals surface area contributed by atoms with E-state index in [-0.39, 0.29) is 0 Å². The van der Waals surface area contributed by atoms with E-state index in [4.69, 9.17) is 10.3 Å². The maximum atomic E-state index is 5.69. The van der Waals surface area contributed by atoms with Gasteiger partial charge >= 0.3 is 0 Å². The van der Waals surface area contributed by atoms with Crippen molar-refractivity contribution in [2.24, 2.45) is 5.73 Å². The van der Waals surface area contributed by atoms with Crippen LogP contribution in [0, 0.1) is 6.92 Å². The molecule has 3 N–H and O–H groups in total. The third-order valence-corrected chi connectivity index (χ3v) is 2.98. The zero-order valence-electron chi connectivity index (χ0n) is 9.53. The fourth-order valence-electron chi connectivity index (χ4n) is 2.18. The molecule has 0 fully saturated rings. The molecule has 0 unspecified atom stereocenters. The summed E-state index contributed by atoms with van der Waals surface area (Å²) in [6.45, 7) is 2.45. The lowest BCUT2D eigenvalue weighted by Crippen LogP contribution is -1.96. The summed E-state index contributed by atoms with van der Waals surface area (Å²) in [5.41, 5.74) is 9.83. The second-order valence-electron chi connectivity index (χ2n) is 4.05. The van der Waals surface area contributed by atoms with Crippen LogP contribution in [0.2, 0.25) is 0 Å². The number of fused-ring (bicyclic) bond motifs is 1. The smallest absolute Gasteiger partial charge is 0.173 e. The van der Waals surface area contributed by atoms with Gasteiger partial charge in [-0.2, -0.15) is 0 Å². The highest BCUT2D eigenvalue weighted by Crippen LogP contribution is 2.33. The Morgan fingerprint density at radius 1 is 1.35 bits per heavy atom. The Bertz CT molecular complexity index is 666. The molecule has 86 valence electrons. The third kappa shape index (κ3) is 1.45. The van der Waals surface area contributed by atoms with E-state index < -0.39 is 0 Å². The van der Waals surface area contributed by atoms with Gasteiger partial charge in [0, 0.05) is 34.3 Å². The highest BCUT2D eigenvalue weighted by Gasteiger charge is 2.16. The molecule has 0 aliphatic rings. The Morgan fingerprint density at radius 3 is 3.00 bits per heavy atom. The van der Waals surface area contributed by atoms with Crippen molar-refractivity contribution in [3.63, 3.8) is 0 Å². The van der Waals surface area contributed by atoms with Gasteiger partial charge in [-0.3, -0.25) is 0 Å². The summed E-state index contributed by atoms with van der Waals surface area (Å²) in [5.74, 6) is 0.766. The van der Waals surface area contributed by atoms with Gasteiger partial charge in [-0.1, -0.05) is 23.4 Å². The normalized spacial score (nSPS) is 11.2. The van der Waals surface area contributed by atoms with Crippen LogP contribution in [-0.2, 0) is 6.54 Å². The van der Waals surface area contributed by atoms with Crippen molar-refractivity contribution in [3.8, 4) is 11.3 Å². The zero-order chi connectivity index (χ0) is 11.8. The molecule has 0 bridgehead atoms. The van der Waals surface area contributed by atoms with Gasteiger partial charge in [-0.15, -0.1) is 0 Å². The molecule has 4 heteroatoms. The van der Waals surface area contributed by atoms with E-state index >= 15 is 0 Å². The molecule has 0 radical (unpaired) electrons. The molecule has 0 saturated carbocycles. The average Bonchev–Trinajstić information content (AvgIpc) is 2.90. The minimum Gasteiger partial charge on any atom is -0.358 e. The summed E-state index contributed by atoms with van der Waals surface area (Å²) in [7, 11) is 0. The molecule has 0 aliphatic heterocycles. The van der Waals surface area contributed by atoms with Crippen molar-refractivity contribution < 1.29 is 4.52 Å². The molecule has 17 heavy (non-hydrogen) atoms. The topological polar surface area (TPSA) is 67.8 Å². The van der Waals surface area contributed by atoms with E-state index in [9.17, 15) is 0 Å². The third-order valence-electron chi connectivity index (χ3n) is 2.98. The molecule has 0 atom stereocenters. The van der Waals surface area contributed by atoms with Crippen molar-refractivity contribution in [2.75, 3.05) is 0 Å². The maximum absolute atomic E-state index is 5.69. The van der Waals surface area contributed by atoms with Crippen LogP contribution in [0.4, 0.5) is 0 Å². The highest BCUT2D eigenvalue weighted by atomic mass is 16.5. The second kappa shape index (κ2) is 3.75. The fourth-order valence-corrected chi connectivity index (χ4v) is 2.18. The molecule has 0 aliphatic carbocycles. The largest absolute Gasteiger partial charge is 0.358 e. The Morgan fingerprint density at radius 2 is 2.18 bits per heavy atom. The van der Waals surface area contributed by atoms with E-state index in [1.54, 1.807) is 6.20 Å².